The number of anilines is 1. The second-order valence-electron chi connectivity index (χ2n) is 4.86. The third-order valence-corrected chi connectivity index (χ3v) is 4.89. The second kappa shape index (κ2) is 6.74. The fraction of sp³-hybridized carbons (Fsp3) is 0.500. The van der Waals surface area contributed by atoms with Crippen LogP contribution in [0.3, 0.4) is 0 Å². The minimum absolute atomic E-state index is 0.0193. The molecule has 0 fully saturated rings. The van der Waals surface area contributed by atoms with Crippen molar-refractivity contribution >= 4 is 21.4 Å². The third kappa shape index (κ3) is 4.23. The smallest absolute Gasteiger partial charge is 0.235 e. The third-order valence-electron chi connectivity index (χ3n) is 3.27. The minimum atomic E-state index is -3.63. The van der Waals surface area contributed by atoms with Gasteiger partial charge in [0.05, 0.1) is 4.90 Å². The van der Waals surface area contributed by atoms with Crippen molar-refractivity contribution in [2.75, 3.05) is 11.5 Å². The van der Waals surface area contributed by atoms with Crippen LogP contribution in [-0.2, 0) is 14.6 Å². The molecule has 0 saturated carbocycles. The van der Waals surface area contributed by atoms with Gasteiger partial charge in [-0.05, 0) is 43.5 Å². The lowest BCUT2D eigenvalue weighted by atomic mass is 10.2. The Hall–Kier alpha value is -1.56. The first-order valence-corrected chi connectivity index (χ1v) is 8.33. The maximum Gasteiger partial charge on any atom is 0.235 e. The topological polar surface area (TPSA) is 89.3 Å². The summed E-state index contributed by atoms with van der Waals surface area (Å²) in [5, 5.41) is 2.73. The largest absolute Gasteiger partial charge is 0.399 e. The Morgan fingerprint density at radius 1 is 1.30 bits per heavy atom. The number of hydrogen-bond donors (Lipinski definition) is 2. The zero-order valence-corrected chi connectivity index (χ0v) is 13.0. The van der Waals surface area contributed by atoms with Gasteiger partial charge in [-0.25, -0.2) is 8.42 Å². The van der Waals surface area contributed by atoms with Crippen molar-refractivity contribution in [3.63, 3.8) is 0 Å². The molecule has 20 heavy (non-hydrogen) atoms. The minimum Gasteiger partial charge on any atom is -0.399 e. The molecule has 0 bridgehead atoms. The van der Waals surface area contributed by atoms with Gasteiger partial charge in [0, 0.05) is 11.7 Å². The first kappa shape index (κ1) is 16.5. The first-order chi connectivity index (χ1) is 9.30. The molecule has 1 aromatic carbocycles. The Balaban J connectivity index is 2.84. The van der Waals surface area contributed by atoms with Crippen molar-refractivity contribution in [2.45, 2.75) is 44.6 Å². The molecule has 1 aromatic rings. The molecule has 112 valence electrons. The number of nitrogens with two attached hydrogens (primary N) is 1. The van der Waals surface area contributed by atoms with Gasteiger partial charge in [0.1, 0.15) is 5.75 Å². The highest BCUT2D eigenvalue weighted by atomic mass is 32.2. The zero-order valence-electron chi connectivity index (χ0n) is 12.1. The highest BCUT2D eigenvalue weighted by molar-refractivity contribution is 7.92. The number of sulfone groups is 1. The van der Waals surface area contributed by atoms with Crippen molar-refractivity contribution in [3.8, 4) is 0 Å². The summed E-state index contributed by atoms with van der Waals surface area (Å²) in [6.07, 6.45) is 1.56. The lowest BCUT2D eigenvalue weighted by molar-refractivity contribution is -0.119. The van der Waals surface area contributed by atoms with Gasteiger partial charge in [0.15, 0.2) is 9.84 Å². The fourth-order valence-electron chi connectivity index (χ4n) is 1.86. The van der Waals surface area contributed by atoms with E-state index in [9.17, 15) is 13.2 Å². The summed E-state index contributed by atoms with van der Waals surface area (Å²) in [7, 11) is -3.63. The molecule has 0 aromatic heterocycles. The zero-order chi connectivity index (χ0) is 15.3. The summed E-state index contributed by atoms with van der Waals surface area (Å²) in [6, 6.07) is 4.49. The van der Waals surface area contributed by atoms with Crippen molar-refractivity contribution in [1.29, 1.82) is 0 Å². The van der Waals surface area contributed by atoms with Gasteiger partial charge in [0.25, 0.3) is 0 Å². The van der Waals surface area contributed by atoms with Crippen LogP contribution < -0.4 is 11.1 Å². The molecule has 0 heterocycles. The van der Waals surface area contributed by atoms with Gasteiger partial charge >= 0.3 is 0 Å². The van der Waals surface area contributed by atoms with E-state index in [1.54, 1.807) is 13.0 Å². The van der Waals surface area contributed by atoms with Crippen LogP contribution in [0.1, 0.15) is 32.3 Å². The number of benzene rings is 1. The molecular weight excluding hydrogens is 276 g/mol. The average Bonchev–Trinajstić information content (AvgIpc) is 2.38. The Labute approximate surface area is 120 Å². The summed E-state index contributed by atoms with van der Waals surface area (Å²) in [5.41, 5.74) is 6.88. The molecule has 0 aliphatic heterocycles. The summed E-state index contributed by atoms with van der Waals surface area (Å²) in [5.74, 6) is -1.000. The van der Waals surface area contributed by atoms with E-state index in [1.807, 2.05) is 13.8 Å². The maximum atomic E-state index is 12.2. The second-order valence-corrected chi connectivity index (χ2v) is 6.85. The number of rotatable bonds is 6. The maximum absolute atomic E-state index is 12.2. The normalized spacial score (nSPS) is 11.6. The molecule has 0 saturated heterocycles. The quantitative estimate of drug-likeness (QED) is 0.782. The molecule has 0 aliphatic carbocycles. The molecule has 0 aliphatic rings. The van der Waals surface area contributed by atoms with E-state index in [-0.39, 0.29) is 10.9 Å². The van der Waals surface area contributed by atoms with Gasteiger partial charge in [0.2, 0.25) is 5.91 Å². The van der Waals surface area contributed by atoms with E-state index in [2.05, 4.69) is 5.32 Å². The first-order valence-electron chi connectivity index (χ1n) is 6.68. The number of nitrogen functional groups attached to an aromatic ring is 1. The number of amides is 1. The number of carbonyl (C=O) groups is 1. The SMILES string of the molecule is CCC(CC)NC(=O)CS(=O)(=O)c1ccc(N)c(C)c1. The fourth-order valence-corrected chi connectivity index (χ4v) is 3.09. The van der Waals surface area contributed by atoms with Crippen LogP contribution in [0, 0.1) is 6.92 Å². The Morgan fingerprint density at radius 2 is 1.90 bits per heavy atom. The highest BCUT2D eigenvalue weighted by Crippen LogP contribution is 2.18. The predicted octanol–water partition coefficient (Wildman–Crippen LogP) is 1.66. The van der Waals surface area contributed by atoms with Crippen molar-refractivity contribution in [3.05, 3.63) is 23.8 Å². The van der Waals surface area contributed by atoms with E-state index in [4.69, 9.17) is 5.73 Å². The van der Waals surface area contributed by atoms with Gasteiger partial charge in [-0.3, -0.25) is 4.79 Å². The van der Waals surface area contributed by atoms with E-state index in [1.165, 1.54) is 12.1 Å². The molecular formula is C14H22N2O3S. The van der Waals surface area contributed by atoms with E-state index in [0.29, 0.717) is 11.3 Å². The van der Waals surface area contributed by atoms with E-state index in [0.717, 1.165) is 12.8 Å². The predicted molar refractivity (Wildman–Crippen MR) is 80.2 cm³/mol. The van der Waals surface area contributed by atoms with Gasteiger partial charge < -0.3 is 11.1 Å². The van der Waals surface area contributed by atoms with Crippen LogP contribution in [0.4, 0.5) is 5.69 Å². The van der Waals surface area contributed by atoms with Crippen LogP contribution in [0.5, 0.6) is 0 Å². The molecule has 1 rings (SSSR count). The molecule has 0 unspecified atom stereocenters. The summed E-state index contributed by atoms with van der Waals surface area (Å²) < 4.78 is 24.3. The summed E-state index contributed by atoms with van der Waals surface area (Å²) >= 11 is 0. The van der Waals surface area contributed by atoms with Crippen molar-refractivity contribution in [2.24, 2.45) is 0 Å². The lowest BCUT2D eigenvalue weighted by Crippen LogP contribution is -2.37. The van der Waals surface area contributed by atoms with Crippen LogP contribution in [0.25, 0.3) is 0 Å². The highest BCUT2D eigenvalue weighted by Gasteiger charge is 2.21. The molecule has 0 spiro atoms. The number of nitrogens with one attached hydrogen (secondary N) is 1. The van der Waals surface area contributed by atoms with E-state index < -0.39 is 21.5 Å². The van der Waals surface area contributed by atoms with Gasteiger partial charge in [-0.2, -0.15) is 0 Å². The summed E-state index contributed by atoms with van der Waals surface area (Å²) in [4.78, 5) is 11.9. The molecule has 0 atom stereocenters. The number of hydrogen-bond acceptors (Lipinski definition) is 4. The van der Waals surface area contributed by atoms with Crippen LogP contribution in [0.15, 0.2) is 23.1 Å². The lowest BCUT2D eigenvalue weighted by Gasteiger charge is -2.14. The summed E-state index contributed by atoms with van der Waals surface area (Å²) in [6.45, 7) is 5.64. The van der Waals surface area contributed by atoms with Gasteiger partial charge in [-0.1, -0.05) is 13.8 Å². The Kier molecular flexibility index (Phi) is 5.56. The molecule has 1 amide bonds. The standard InChI is InChI=1S/C14H22N2O3S/c1-4-11(5-2)16-14(17)9-20(18,19)12-6-7-13(15)10(3)8-12/h6-8,11H,4-5,9,15H2,1-3H3,(H,16,17). The molecule has 3 N–H and O–H groups in total. The Morgan fingerprint density at radius 3 is 2.40 bits per heavy atom. The number of carbonyl (C=O) groups excluding carboxylic acids is 1. The van der Waals surface area contributed by atoms with Crippen LogP contribution in [-0.4, -0.2) is 26.1 Å². The average molecular weight is 298 g/mol. The van der Waals surface area contributed by atoms with Crippen LogP contribution >= 0.6 is 0 Å². The van der Waals surface area contributed by atoms with Crippen molar-refractivity contribution in [1.82, 2.24) is 5.32 Å². The van der Waals surface area contributed by atoms with E-state index >= 15 is 0 Å². The van der Waals surface area contributed by atoms with Crippen LogP contribution in [0.2, 0.25) is 0 Å². The van der Waals surface area contributed by atoms with Crippen molar-refractivity contribution < 1.29 is 13.2 Å². The Bertz CT molecular complexity index is 578. The molecule has 0 radical (unpaired) electrons. The van der Waals surface area contributed by atoms with Gasteiger partial charge in [-0.15, -0.1) is 0 Å². The molecule has 5 nitrogen and oxygen atoms in total. The number of aryl methyl sites for hydroxylation is 1. The molecule has 6 heteroatoms. The monoisotopic (exact) mass is 298 g/mol.